The Hall–Kier alpha value is -4.25. The molecule has 3 aromatic rings. The molecule has 1 aromatic heterocycles. The van der Waals surface area contributed by atoms with Crippen LogP contribution in [0.2, 0.25) is 0 Å². The predicted octanol–water partition coefficient (Wildman–Crippen LogP) is 3.76. The number of anilines is 2. The van der Waals surface area contributed by atoms with Crippen LogP contribution in [0.25, 0.3) is 6.08 Å². The summed E-state index contributed by atoms with van der Waals surface area (Å²) in [6, 6.07) is 11.8. The number of ether oxygens (including phenoxy) is 1. The number of benzene rings is 2. The Morgan fingerprint density at radius 3 is 2.51 bits per heavy atom. The Bertz CT molecular complexity index is 1700. The maximum atomic E-state index is 14.1. The fourth-order valence-corrected chi connectivity index (χ4v) is 6.43. The number of rotatable bonds is 7. The highest BCUT2D eigenvalue weighted by molar-refractivity contribution is 7.07. The van der Waals surface area contributed by atoms with E-state index in [0.29, 0.717) is 26.2 Å². The summed E-state index contributed by atoms with van der Waals surface area (Å²) in [4.78, 5) is 47.7. The summed E-state index contributed by atoms with van der Waals surface area (Å²) in [5.41, 5.74) is 3.65. The van der Waals surface area contributed by atoms with Crippen molar-refractivity contribution in [1.29, 1.82) is 0 Å². The van der Waals surface area contributed by atoms with Crippen LogP contribution in [0.1, 0.15) is 50.3 Å². The summed E-state index contributed by atoms with van der Waals surface area (Å²) < 4.78 is 7.31. The van der Waals surface area contributed by atoms with Crippen LogP contribution in [0.5, 0.6) is 0 Å². The minimum absolute atomic E-state index is 0.0379. The van der Waals surface area contributed by atoms with Gasteiger partial charge in [-0.15, -0.1) is 0 Å². The number of nitro groups is 1. The number of hydrogen-bond acceptors (Lipinski definition) is 9. The van der Waals surface area contributed by atoms with Gasteiger partial charge in [-0.3, -0.25) is 19.5 Å². The van der Waals surface area contributed by atoms with Crippen LogP contribution in [-0.4, -0.2) is 49.3 Å². The number of fused-ring (bicyclic) bond motifs is 1. The molecule has 0 amide bonds. The lowest BCUT2D eigenvalue weighted by Crippen LogP contribution is -2.40. The number of piperidine rings is 1. The second kappa shape index (κ2) is 11.7. The number of nitrogens with zero attached hydrogens (tertiary/aromatic N) is 5. The van der Waals surface area contributed by atoms with Crippen molar-refractivity contribution in [2.45, 2.75) is 39.2 Å². The fraction of sp³-hybridized carbons (Fsp3) is 0.367. The SMILES string of the molecule is CCOC(=O)C1=C(C)N=c2sc(=Cc3cc([N+](=O)[O-])ccc3N3CCCCC3)c(=O)n2C1c1ccc(N(C)C)cc1. The molecule has 1 unspecified atom stereocenters. The number of thiazole rings is 1. The molecule has 2 aliphatic heterocycles. The minimum Gasteiger partial charge on any atom is -0.463 e. The van der Waals surface area contributed by atoms with Crippen LogP contribution >= 0.6 is 11.3 Å². The van der Waals surface area contributed by atoms with E-state index in [1.54, 1.807) is 30.6 Å². The summed E-state index contributed by atoms with van der Waals surface area (Å²) in [6.07, 6.45) is 4.95. The Morgan fingerprint density at radius 1 is 1.17 bits per heavy atom. The van der Waals surface area contributed by atoms with Crippen molar-refractivity contribution < 1.29 is 14.5 Å². The smallest absolute Gasteiger partial charge is 0.338 e. The molecule has 41 heavy (non-hydrogen) atoms. The molecule has 1 atom stereocenters. The van der Waals surface area contributed by atoms with Crippen molar-refractivity contribution in [3.63, 3.8) is 0 Å². The molecule has 0 aliphatic carbocycles. The molecular formula is C30H33N5O5S. The van der Waals surface area contributed by atoms with Crippen LogP contribution in [0.4, 0.5) is 17.1 Å². The molecule has 2 aromatic carbocycles. The van der Waals surface area contributed by atoms with Crippen LogP contribution in [0.15, 0.2) is 63.5 Å². The van der Waals surface area contributed by atoms with Crippen LogP contribution < -0.4 is 24.7 Å². The first-order valence-electron chi connectivity index (χ1n) is 13.7. The maximum absolute atomic E-state index is 14.1. The van der Waals surface area contributed by atoms with Crippen molar-refractivity contribution in [3.8, 4) is 0 Å². The van der Waals surface area contributed by atoms with Gasteiger partial charge < -0.3 is 14.5 Å². The summed E-state index contributed by atoms with van der Waals surface area (Å²) in [5.74, 6) is -0.518. The van der Waals surface area contributed by atoms with E-state index in [9.17, 15) is 19.7 Å². The maximum Gasteiger partial charge on any atom is 0.338 e. The molecule has 3 heterocycles. The van der Waals surface area contributed by atoms with Crippen LogP contribution in [0, 0.1) is 10.1 Å². The largest absolute Gasteiger partial charge is 0.463 e. The summed E-state index contributed by atoms with van der Waals surface area (Å²) in [5, 5.41) is 11.6. The lowest BCUT2D eigenvalue weighted by Gasteiger charge is -2.30. The number of allylic oxidation sites excluding steroid dienone is 1. The third-order valence-corrected chi connectivity index (χ3v) is 8.43. The number of esters is 1. The van der Waals surface area contributed by atoms with Gasteiger partial charge in [0.15, 0.2) is 4.80 Å². The molecule has 0 N–H and O–H groups in total. The molecule has 0 spiro atoms. The van der Waals surface area contributed by atoms with Gasteiger partial charge in [-0.1, -0.05) is 23.5 Å². The first-order valence-corrected chi connectivity index (χ1v) is 14.5. The van der Waals surface area contributed by atoms with Crippen molar-refractivity contribution in [3.05, 3.63) is 94.7 Å². The lowest BCUT2D eigenvalue weighted by atomic mass is 9.95. The molecule has 1 saturated heterocycles. The van der Waals surface area contributed by atoms with Gasteiger partial charge in [0.05, 0.1) is 33.4 Å². The van der Waals surface area contributed by atoms with E-state index in [1.165, 1.54) is 23.5 Å². The van der Waals surface area contributed by atoms with Crippen LogP contribution in [-0.2, 0) is 9.53 Å². The zero-order chi connectivity index (χ0) is 29.3. The van der Waals surface area contributed by atoms with Crippen molar-refractivity contribution in [2.24, 2.45) is 4.99 Å². The molecular weight excluding hydrogens is 542 g/mol. The number of non-ortho nitro benzene ring substituents is 1. The predicted molar refractivity (Wildman–Crippen MR) is 160 cm³/mol. The van der Waals surface area contributed by atoms with Gasteiger partial charge in [0.25, 0.3) is 11.2 Å². The Kier molecular flexibility index (Phi) is 8.07. The molecule has 0 radical (unpaired) electrons. The average Bonchev–Trinajstić information content (AvgIpc) is 3.26. The highest BCUT2D eigenvalue weighted by Crippen LogP contribution is 2.32. The first-order chi connectivity index (χ1) is 19.7. The average molecular weight is 576 g/mol. The third-order valence-electron chi connectivity index (χ3n) is 7.45. The summed E-state index contributed by atoms with van der Waals surface area (Å²) in [6.45, 7) is 5.39. The minimum atomic E-state index is -0.727. The highest BCUT2D eigenvalue weighted by atomic mass is 32.1. The van der Waals surface area contributed by atoms with Gasteiger partial charge in [-0.05, 0) is 62.9 Å². The molecule has 0 bridgehead atoms. The van der Waals surface area contributed by atoms with Gasteiger partial charge in [0.1, 0.15) is 0 Å². The second-order valence-electron chi connectivity index (χ2n) is 10.3. The molecule has 214 valence electrons. The number of carbonyl (C=O) groups is 1. The topological polar surface area (TPSA) is 110 Å². The van der Waals surface area contributed by atoms with Gasteiger partial charge in [-0.2, -0.15) is 0 Å². The Balaban J connectivity index is 1.70. The zero-order valence-corrected chi connectivity index (χ0v) is 24.4. The first kappa shape index (κ1) is 28.3. The number of nitro benzene ring substituents is 1. The van der Waals surface area contributed by atoms with Crippen LogP contribution in [0.3, 0.4) is 0 Å². The van der Waals surface area contributed by atoms with E-state index in [2.05, 4.69) is 9.89 Å². The van der Waals surface area contributed by atoms with E-state index >= 15 is 0 Å². The number of hydrogen-bond donors (Lipinski definition) is 0. The number of carbonyl (C=O) groups excluding carboxylic acids is 1. The van der Waals surface area contributed by atoms with Gasteiger partial charge in [-0.25, -0.2) is 9.79 Å². The van der Waals surface area contributed by atoms with Gasteiger partial charge in [0, 0.05) is 56.3 Å². The monoisotopic (exact) mass is 575 g/mol. The van der Waals surface area contributed by atoms with E-state index in [1.807, 2.05) is 43.3 Å². The second-order valence-corrected chi connectivity index (χ2v) is 11.3. The van der Waals surface area contributed by atoms with Crippen molar-refractivity contribution >= 4 is 40.4 Å². The van der Waals surface area contributed by atoms with E-state index in [4.69, 9.17) is 4.74 Å². The third kappa shape index (κ3) is 5.54. The van der Waals surface area contributed by atoms with E-state index in [-0.39, 0.29) is 17.9 Å². The molecule has 0 saturated carbocycles. The van der Waals surface area contributed by atoms with Crippen molar-refractivity contribution in [2.75, 3.05) is 43.6 Å². The van der Waals surface area contributed by atoms with Gasteiger partial charge in [0.2, 0.25) is 0 Å². The Labute approximate surface area is 241 Å². The van der Waals surface area contributed by atoms with E-state index in [0.717, 1.165) is 49.3 Å². The fourth-order valence-electron chi connectivity index (χ4n) is 5.40. The summed E-state index contributed by atoms with van der Waals surface area (Å²) in [7, 11) is 3.89. The standard InChI is InChI=1S/C30H33N5O5S/c1-5-40-29(37)26-19(2)31-30-34(27(26)20-9-11-22(12-10-20)32(3)4)28(36)25(41-30)18-21-17-23(35(38)39)13-14-24(21)33-15-7-6-8-16-33/h9-14,17-18,27H,5-8,15-16H2,1-4H3. The molecule has 2 aliphatic rings. The van der Waals surface area contributed by atoms with Crippen molar-refractivity contribution in [1.82, 2.24) is 4.57 Å². The molecule has 5 rings (SSSR count). The normalized spacial score (nSPS) is 17.2. The number of aromatic nitrogens is 1. The molecule has 1 fully saturated rings. The quantitative estimate of drug-likeness (QED) is 0.240. The highest BCUT2D eigenvalue weighted by Gasteiger charge is 2.33. The lowest BCUT2D eigenvalue weighted by molar-refractivity contribution is -0.384. The van der Waals surface area contributed by atoms with Gasteiger partial charge >= 0.3 is 5.97 Å². The summed E-state index contributed by atoms with van der Waals surface area (Å²) >= 11 is 1.21. The Morgan fingerprint density at radius 2 is 1.88 bits per heavy atom. The molecule has 10 nitrogen and oxygen atoms in total. The zero-order valence-electron chi connectivity index (χ0n) is 23.6. The van der Waals surface area contributed by atoms with E-state index < -0.39 is 16.9 Å². The molecule has 11 heteroatoms.